The predicted octanol–water partition coefficient (Wildman–Crippen LogP) is 8.03. The summed E-state index contributed by atoms with van der Waals surface area (Å²) in [6, 6.07) is 26.8. The SMILES string of the molecule is N#C/C(=C\c1sc(-c2ccc(-n3c4ccccc4c4ccccc43)cc2)c(Br)c1Br)C(=O)O. The number of para-hydroxylation sites is 2. The van der Waals surface area contributed by atoms with Crippen LogP contribution in [0.25, 0.3) is 44.0 Å². The normalized spacial score (nSPS) is 11.7. The number of aliphatic carboxylic acids is 1. The highest BCUT2D eigenvalue weighted by Crippen LogP contribution is 2.44. The summed E-state index contributed by atoms with van der Waals surface area (Å²) in [5, 5.41) is 20.7. The third-order valence-electron chi connectivity index (χ3n) is 5.41. The van der Waals surface area contributed by atoms with E-state index in [1.165, 1.54) is 28.2 Å². The maximum absolute atomic E-state index is 11.2. The van der Waals surface area contributed by atoms with Crippen LogP contribution in [0.5, 0.6) is 0 Å². The van der Waals surface area contributed by atoms with Gasteiger partial charge in [-0.2, -0.15) is 5.26 Å². The molecule has 0 unspecified atom stereocenters. The molecular formula is C26H14Br2N2O2S. The van der Waals surface area contributed by atoms with Crippen molar-refractivity contribution in [1.29, 1.82) is 5.26 Å². The zero-order chi connectivity index (χ0) is 23.1. The lowest BCUT2D eigenvalue weighted by molar-refractivity contribution is -0.132. The lowest BCUT2D eigenvalue weighted by Gasteiger charge is -2.09. The second-order valence-electron chi connectivity index (χ2n) is 7.31. The van der Waals surface area contributed by atoms with Crippen molar-refractivity contribution in [3.8, 4) is 22.2 Å². The van der Waals surface area contributed by atoms with Crippen LogP contribution in [-0.2, 0) is 4.79 Å². The minimum absolute atomic E-state index is 0.308. The van der Waals surface area contributed by atoms with Crippen molar-refractivity contribution >= 4 is 77.0 Å². The van der Waals surface area contributed by atoms with E-state index in [1.54, 1.807) is 6.07 Å². The van der Waals surface area contributed by atoms with Gasteiger partial charge in [0.2, 0.25) is 0 Å². The largest absolute Gasteiger partial charge is 0.477 e. The molecule has 0 amide bonds. The Hall–Kier alpha value is -3.18. The summed E-state index contributed by atoms with van der Waals surface area (Å²) in [6.07, 6.45) is 1.39. The smallest absolute Gasteiger partial charge is 0.346 e. The Labute approximate surface area is 210 Å². The van der Waals surface area contributed by atoms with Gasteiger partial charge in [0.1, 0.15) is 11.6 Å². The monoisotopic (exact) mass is 576 g/mol. The van der Waals surface area contributed by atoms with Crippen molar-refractivity contribution in [2.24, 2.45) is 0 Å². The molecule has 5 aromatic rings. The van der Waals surface area contributed by atoms with Gasteiger partial charge in [-0.05, 0) is 67.8 Å². The molecular weight excluding hydrogens is 564 g/mol. The van der Waals surface area contributed by atoms with Gasteiger partial charge >= 0.3 is 5.97 Å². The molecule has 0 spiro atoms. The molecule has 2 aromatic heterocycles. The van der Waals surface area contributed by atoms with Crippen LogP contribution in [0, 0.1) is 11.3 Å². The van der Waals surface area contributed by atoms with Crippen molar-refractivity contribution in [3.63, 3.8) is 0 Å². The molecule has 0 saturated carbocycles. The van der Waals surface area contributed by atoms with Gasteiger partial charge in [-0.3, -0.25) is 0 Å². The third kappa shape index (κ3) is 3.70. The lowest BCUT2D eigenvalue weighted by atomic mass is 10.1. The number of carbonyl (C=O) groups is 1. The molecule has 3 aromatic carbocycles. The Balaban J connectivity index is 1.61. The summed E-state index contributed by atoms with van der Waals surface area (Å²) in [4.78, 5) is 12.8. The number of nitrogens with zero attached hydrogens (tertiary/aromatic N) is 2. The number of halogens is 2. The van der Waals surface area contributed by atoms with E-state index in [0.29, 0.717) is 4.88 Å². The number of carboxylic acids is 1. The van der Waals surface area contributed by atoms with Crippen LogP contribution in [0.1, 0.15) is 4.88 Å². The number of benzene rings is 3. The zero-order valence-electron chi connectivity index (χ0n) is 16.9. The molecule has 0 aliphatic heterocycles. The molecule has 160 valence electrons. The van der Waals surface area contributed by atoms with Gasteiger partial charge < -0.3 is 9.67 Å². The first-order valence-corrected chi connectivity index (χ1v) is 12.3. The summed E-state index contributed by atoms with van der Waals surface area (Å²) in [6.45, 7) is 0. The van der Waals surface area contributed by atoms with Crippen LogP contribution in [0.3, 0.4) is 0 Å². The Bertz CT molecular complexity index is 1570. The molecule has 7 heteroatoms. The zero-order valence-corrected chi connectivity index (χ0v) is 20.9. The molecule has 0 fully saturated rings. The summed E-state index contributed by atoms with van der Waals surface area (Å²) in [5.41, 5.74) is 4.04. The average molecular weight is 578 g/mol. The van der Waals surface area contributed by atoms with E-state index >= 15 is 0 Å². The van der Waals surface area contributed by atoms with E-state index in [9.17, 15) is 9.90 Å². The number of nitriles is 1. The molecule has 0 aliphatic carbocycles. The van der Waals surface area contributed by atoms with E-state index in [-0.39, 0.29) is 5.57 Å². The standard InChI is InChI=1S/C26H14Br2N2O2S/c27-23-22(13-16(14-29)26(31)32)33-25(24(23)28)15-9-11-17(12-10-15)30-20-7-3-1-5-18(20)19-6-2-4-8-21(19)30/h1-13H,(H,31,32)/b16-13+. The van der Waals surface area contributed by atoms with E-state index in [1.807, 2.05) is 12.1 Å². The fourth-order valence-electron chi connectivity index (χ4n) is 3.92. The second-order valence-corrected chi connectivity index (χ2v) is 9.95. The number of rotatable bonds is 4. The first kappa shape index (κ1) is 21.7. The topological polar surface area (TPSA) is 66.0 Å². The Morgan fingerprint density at radius 2 is 1.48 bits per heavy atom. The van der Waals surface area contributed by atoms with Gasteiger partial charge in [-0.25, -0.2) is 4.79 Å². The Kier molecular flexibility index (Phi) is 5.67. The van der Waals surface area contributed by atoms with Crippen LogP contribution >= 0.6 is 43.2 Å². The quantitative estimate of drug-likeness (QED) is 0.174. The van der Waals surface area contributed by atoms with E-state index in [0.717, 1.165) is 36.1 Å². The highest BCUT2D eigenvalue weighted by atomic mass is 79.9. The van der Waals surface area contributed by atoms with Crippen molar-refractivity contribution in [3.05, 3.63) is 92.2 Å². The van der Waals surface area contributed by atoms with Gasteiger partial charge in [-0.1, -0.05) is 48.5 Å². The Morgan fingerprint density at radius 1 is 0.909 bits per heavy atom. The van der Waals surface area contributed by atoms with Crippen molar-refractivity contribution in [2.75, 3.05) is 0 Å². The van der Waals surface area contributed by atoms with Crippen molar-refractivity contribution < 1.29 is 9.90 Å². The first-order chi connectivity index (χ1) is 16.0. The average Bonchev–Trinajstić information content (AvgIpc) is 3.32. The summed E-state index contributed by atoms with van der Waals surface area (Å²) >= 11 is 8.54. The van der Waals surface area contributed by atoms with E-state index in [2.05, 4.69) is 97.1 Å². The van der Waals surface area contributed by atoms with Crippen LogP contribution in [-0.4, -0.2) is 15.6 Å². The maximum atomic E-state index is 11.2. The summed E-state index contributed by atoms with van der Waals surface area (Å²) in [5.74, 6) is -1.24. The first-order valence-electron chi connectivity index (χ1n) is 9.91. The lowest BCUT2D eigenvalue weighted by Crippen LogP contribution is -1.96. The molecule has 1 N–H and O–H groups in total. The van der Waals surface area contributed by atoms with Crippen molar-refractivity contribution in [2.45, 2.75) is 0 Å². The van der Waals surface area contributed by atoms with Gasteiger partial charge in [0.25, 0.3) is 0 Å². The molecule has 4 nitrogen and oxygen atoms in total. The van der Waals surface area contributed by atoms with E-state index in [4.69, 9.17) is 5.26 Å². The molecule has 0 atom stereocenters. The Morgan fingerprint density at radius 3 is 2.03 bits per heavy atom. The molecule has 33 heavy (non-hydrogen) atoms. The molecule has 0 radical (unpaired) electrons. The maximum Gasteiger partial charge on any atom is 0.346 e. The van der Waals surface area contributed by atoms with Crippen LogP contribution in [0.4, 0.5) is 0 Å². The van der Waals surface area contributed by atoms with Crippen molar-refractivity contribution in [1.82, 2.24) is 4.57 Å². The summed E-state index contributed by atoms with van der Waals surface area (Å²) in [7, 11) is 0. The predicted molar refractivity (Wildman–Crippen MR) is 141 cm³/mol. The number of hydrogen-bond donors (Lipinski definition) is 1. The molecule has 0 bridgehead atoms. The van der Waals surface area contributed by atoms with Gasteiger partial charge in [0, 0.05) is 21.3 Å². The highest BCUT2D eigenvalue weighted by Gasteiger charge is 2.17. The minimum Gasteiger partial charge on any atom is -0.477 e. The number of carboxylic acid groups (broad SMARTS) is 1. The van der Waals surface area contributed by atoms with Crippen LogP contribution in [0.15, 0.2) is 87.3 Å². The summed E-state index contributed by atoms with van der Waals surface area (Å²) < 4.78 is 3.81. The second kappa shape index (κ2) is 8.64. The molecule has 5 rings (SSSR count). The third-order valence-corrected chi connectivity index (χ3v) is 9.27. The molecule has 2 heterocycles. The van der Waals surface area contributed by atoms with Gasteiger partial charge in [0.15, 0.2) is 0 Å². The van der Waals surface area contributed by atoms with Gasteiger partial charge in [-0.15, -0.1) is 11.3 Å². The van der Waals surface area contributed by atoms with Crippen LogP contribution < -0.4 is 0 Å². The fourth-order valence-corrected chi connectivity index (χ4v) is 6.46. The minimum atomic E-state index is -1.24. The number of fused-ring (bicyclic) bond motifs is 3. The fraction of sp³-hybridized carbons (Fsp3) is 0. The highest BCUT2D eigenvalue weighted by molar-refractivity contribution is 9.13. The van der Waals surface area contributed by atoms with Gasteiger partial charge in [0.05, 0.1) is 24.9 Å². The molecule has 0 aliphatic rings. The number of thiophene rings is 1. The van der Waals surface area contributed by atoms with E-state index < -0.39 is 5.97 Å². The number of aromatic nitrogens is 1. The molecule has 0 saturated heterocycles. The van der Waals surface area contributed by atoms with Crippen LogP contribution in [0.2, 0.25) is 0 Å². The number of hydrogen-bond acceptors (Lipinski definition) is 3.